The van der Waals surface area contributed by atoms with Gasteiger partial charge in [-0.25, -0.2) is 4.79 Å². The monoisotopic (exact) mass is 251 g/mol. The van der Waals surface area contributed by atoms with Crippen molar-refractivity contribution in [1.82, 2.24) is 4.89 Å². The third kappa shape index (κ3) is 6.58. The van der Waals surface area contributed by atoms with E-state index in [0.717, 1.165) is 0 Å². The molecule has 0 amide bonds. The van der Waals surface area contributed by atoms with Gasteiger partial charge in [0.2, 0.25) is 0 Å². The van der Waals surface area contributed by atoms with E-state index in [1.54, 1.807) is 35.2 Å². The Morgan fingerprint density at radius 1 is 1.41 bits per heavy atom. The number of rotatable bonds is 5. The van der Waals surface area contributed by atoms with Gasteiger partial charge in [-0.3, -0.25) is 9.05 Å². The molecule has 2 unspecified atom stereocenters. The first-order valence-electron chi connectivity index (χ1n) is 4.37. The predicted molar refractivity (Wildman–Crippen MR) is 54.7 cm³/mol. The van der Waals surface area contributed by atoms with Gasteiger partial charge >= 0.3 is 24.8 Å². The number of ether oxygens (including phenoxy) is 1. The maximum Gasteiger partial charge on any atom is 1.00 e. The Balaban J connectivity index is 0.00000256. The van der Waals surface area contributed by atoms with Crippen molar-refractivity contribution in [3.05, 3.63) is 30.3 Å². The molecule has 0 aliphatic heterocycles. The fourth-order valence-electron chi connectivity index (χ4n) is 0.847. The van der Waals surface area contributed by atoms with Crippen molar-refractivity contribution < 1.29 is 42.0 Å². The van der Waals surface area contributed by atoms with Crippen LogP contribution in [0.5, 0.6) is 5.75 Å². The van der Waals surface area contributed by atoms with E-state index in [-0.39, 0.29) is 18.9 Å². The van der Waals surface area contributed by atoms with Crippen LogP contribution in [-0.2, 0) is 20.9 Å². The van der Waals surface area contributed by atoms with Crippen LogP contribution in [0.1, 0.15) is 6.92 Å². The topological polar surface area (TPSA) is 87.7 Å². The molecule has 8 heteroatoms. The first-order valence-corrected chi connectivity index (χ1v) is 5.44. The van der Waals surface area contributed by atoms with Gasteiger partial charge in [0.25, 0.3) is 0 Å². The molecule has 1 aromatic carbocycles. The second-order valence-corrected chi connectivity index (χ2v) is 3.45. The molecule has 0 radical (unpaired) electrons. The Labute approximate surface area is 113 Å². The first-order chi connectivity index (χ1) is 7.59. The summed E-state index contributed by atoms with van der Waals surface area (Å²) in [4.78, 5) is 17.5. The molecule has 17 heavy (non-hydrogen) atoms. The molecule has 2 atom stereocenters. The average Bonchev–Trinajstić information content (AvgIpc) is 2.27. The zero-order valence-corrected chi connectivity index (χ0v) is 10.2. The Kier molecular flexibility index (Phi) is 8.08. The molecule has 0 heterocycles. The summed E-state index contributed by atoms with van der Waals surface area (Å²) in [6.07, 6.45) is -1.03. The number of hydrogen-bond acceptors (Lipinski definition) is 5. The normalized spacial score (nSPS) is 13.3. The van der Waals surface area contributed by atoms with Gasteiger partial charge in [0.1, 0.15) is 5.75 Å². The van der Waals surface area contributed by atoms with E-state index < -0.39 is 23.3 Å². The summed E-state index contributed by atoms with van der Waals surface area (Å²) in [5.74, 6) is -0.324. The quantitative estimate of drug-likeness (QED) is 0.202. The van der Waals surface area contributed by atoms with E-state index in [0.29, 0.717) is 5.75 Å². The third-order valence-electron chi connectivity index (χ3n) is 1.59. The fraction of sp³-hybridized carbons (Fsp3) is 0.222. The molecule has 1 N–H and O–H groups in total. The van der Waals surface area contributed by atoms with Crippen molar-refractivity contribution in [1.29, 1.82) is 0 Å². The number of esters is 1. The van der Waals surface area contributed by atoms with Crippen molar-refractivity contribution >= 4 is 17.2 Å². The minimum Gasteiger partial charge on any atom is -0.758 e. The van der Waals surface area contributed by atoms with Crippen molar-refractivity contribution in [2.75, 3.05) is 0 Å². The summed E-state index contributed by atoms with van der Waals surface area (Å²) in [5.41, 5.74) is 0. The summed E-state index contributed by atoms with van der Waals surface area (Å²) in [5, 5.41) is 0. The largest absolute Gasteiger partial charge is 1.00 e. The minimum atomic E-state index is -2.58. The Morgan fingerprint density at radius 2 is 2.00 bits per heavy atom. The zero-order valence-electron chi connectivity index (χ0n) is 9.41. The predicted octanol–water partition coefficient (Wildman–Crippen LogP) is -2.70. The van der Waals surface area contributed by atoms with E-state index >= 15 is 0 Å². The molecule has 88 valence electrons. The number of carbonyl (C=O) groups excluding carboxylic acids is 1. The number of carbonyl (C=O) groups is 1. The second-order valence-electron chi connectivity index (χ2n) is 2.81. The molecule has 0 spiro atoms. The SMILES string of the molecule is CC(ONS(=O)[O-])C(=O)Oc1ccccc1.[Li+]. The van der Waals surface area contributed by atoms with Gasteiger partial charge in [-0.2, -0.15) is 0 Å². The summed E-state index contributed by atoms with van der Waals surface area (Å²) in [6.45, 7) is 1.37. The van der Waals surface area contributed by atoms with Crippen LogP contribution in [-0.4, -0.2) is 20.8 Å². The van der Waals surface area contributed by atoms with Crippen LogP contribution >= 0.6 is 0 Å². The van der Waals surface area contributed by atoms with Crippen molar-refractivity contribution in [2.45, 2.75) is 13.0 Å². The Hall–Kier alpha value is -0.683. The van der Waals surface area contributed by atoms with Gasteiger partial charge in [0.15, 0.2) is 6.10 Å². The molecule has 0 saturated carbocycles. The van der Waals surface area contributed by atoms with Gasteiger partial charge in [-0.1, -0.05) is 18.2 Å². The van der Waals surface area contributed by atoms with E-state index in [9.17, 15) is 13.6 Å². The van der Waals surface area contributed by atoms with Crippen molar-refractivity contribution in [3.63, 3.8) is 0 Å². The summed E-state index contributed by atoms with van der Waals surface area (Å²) in [7, 11) is 0. The van der Waals surface area contributed by atoms with E-state index in [1.165, 1.54) is 6.92 Å². The van der Waals surface area contributed by atoms with E-state index in [2.05, 4.69) is 4.84 Å². The van der Waals surface area contributed by atoms with Crippen LogP contribution in [0, 0.1) is 0 Å². The maximum atomic E-state index is 11.3. The molecule has 0 saturated heterocycles. The van der Waals surface area contributed by atoms with E-state index in [4.69, 9.17) is 4.74 Å². The van der Waals surface area contributed by atoms with Gasteiger partial charge in [-0.15, -0.1) is 4.89 Å². The second kappa shape index (κ2) is 8.41. The number of hydrogen-bond donors (Lipinski definition) is 1. The van der Waals surface area contributed by atoms with Crippen LogP contribution in [0.2, 0.25) is 0 Å². The molecule has 0 aromatic heterocycles. The Morgan fingerprint density at radius 3 is 2.53 bits per heavy atom. The molecule has 0 aliphatic rings. The zero-order chi connectivity index (χ0) is 12.0. The molecule has 1 rings (SSSR count). The van der Waals surface area contributed by atoms with Gasteiger partial charge in [-0.05, 0) is 19.1 Å². The van der Waals surface area contributed by atoms with Crippen LogP contribution in [0.3, 0.4) is 0 Å². The third-order valence-corrected chi connectivity index (χ3v) is 1.82. The van der Waals surface area contributed by atoms with Crippen LogP contribution in [0.25, 0.3) is 0 Å². The smallest absolute Gasteiger partial charge is 0.758 e. The molecule has 0 aliphatic carbocycles. The molecule has 0 fully saturated rings. The van der Waals surface area contributed by atoms with Crippen molar-refractivity contribution in [2.24, 2.45) is 0 Å². The summed E-state index contributed by atoms with van der Waals surface area (Å²) in [6, 6.07) is 8.39. The van der Waals surface area contributed by atoms with Gasteiger partial charge in [0.05, 0.1) is 0 Å². The van der Waals surface area contributed by atoms with Gasteiger partial charge in [0, 0.05) is 11.3 Å². The summed E-state index contributed by atoms with van der Waals surface area (Å²) < 4.78 is 25.1. The minimum absolute atomic E-state index is 0. The molecule has 6 nitrogen and oxygen atoms in total. The molecular weight excluding hydrogens is 241 g/mol. The summed E-state index contributed by atoms with van der Waals surface area (Å²) >= 11 is -2.58. The number of benzene rings is 1. The van der Waals surface area contributed by atoms with Gasteiger partial charge < -0.3 is 9.29 Å². The fourth-order valence-corrected chi connectivity index (χ4v) is 1.07. The molecule has 0 bridgehead atoms. The van der Waals surface area contributed by atoms with E-state index in [1.807, 2.05) is 0 Å². The standard InChI is InChI=1S/C9H11NO5S.Li/c1-7(15-10-16(12)13)9(11)14-8-5-3-2-4-6-8;/h2-7,10H,1H3,(H,12,13);/q;+1/p-1. The van der Waals surface area contributed by atoms with Crippen LogP contribution in [0.15, 0.2) is 30.3 Å². The molecular formula is C9H10LiNO5S. The van der Waals surface area contributed by atoms with Crippen LogP contribution < -0.4 is 28.5 Å². The maximum absolute atomic E-state index is 11.3. The van der Waals surface area contributed by atoms with Crippen molar-refractivity contribution in [3.8, 4) is 5.75 Å². The number of para-hydroxylation sites is 1. The first kappa shape index (κ1) is 16.3. The van der Waals surface area contributed by atoms with Crippen LogP contribution in [0.4, 0.5) is 0 Å². The average molecular weight is 251 g/mol. The molecule has 1 aromatic rings. The Bertz CT molecular complexity index is 375. The number of nitrogens with one attached hydrogen (secondary N) is 1.